The van der Waals surface area contributed by atoms with Crippen LogP contribution in [0.2, 0.25) is 4.34 Å². The molecular formula is C10H11ClF3N5S. The monoisotopic (exact) mass is 325 g/mol. The first-order chi connectivity index (χ1) is 9.38. The van der Waals surface area contributed by atoms with Crippen LogP contribution in [0.5, 0.6) is 0 Å². The number of thiophene rings is 1. The van der Waals surface area contributed by atoms with E-state index in [2.05, 4.69) is 20.6 Å². The molecule has 0 aliphatic carbocycles. The molecule has 2 heterocycles. The zero-order valence-electron chi connectivity index (χ0n) is 10.4. The molecule has 1 unspecified atom stereocenters. The predicted octanol–water partition coefficient (Wildman–Crippen LogP) is 2.52. The lowest BCUT2D eigenvalue weighted by atomic mass is 10.1. The van der Waals surface area contributed by atoms with Crippen LogP contribution in [0, 0.1) is 0 Å². The number of nitrogens with zero attached hydrogens (tertiary/aromatic N) is 4. The van der Waals surface area contributed by atoms with E-state index in [9.17, 15) is 13.2 Å². The Bertz CT molecular complexity index is 541. The number of rotatable bonds is 5. The number of halogens is 4. The molecule has 0 aromatic carbocycles. The van der Waals surface area contributed by atoms with E-state index in [1.54, 1.807) is 11.4 Å². The van der Waals surface area contributed by atoms with Crippen LogP contribution in [-0.4, -0.2) is 44.8 Å². The van der Waals surface area contributed by atoms with Gasteiger partial charge in [0.1, 0.15) is 6.04 Å². The van der Waals surface area contributed by atoms with Gasteiger partial charge in [-0.05, 0) is 24.1 Å². The van der Waals surface area contributed by atoms with Crippen LogP contribution in [0.4, 0.5) is 13.2 Å². The van der Waals surface area contributed by atoms with Crippen molar-refractivity contribution < 1.29 is 13.2 Å². The normalized spacial score (nSPS) is 13.9. The molecular weight excluding hydrogens is 315 g/mol. The Morgan fingerprint density at radius 1 is 1.50 bits per heavy atom. The van der Waals surface area contributed by atoms with E-state index >= 15 is 0 Å². The van der Waals surface area contributed by atoms with Gasteiger partial charge in [-0.15, -0.1) is 21.5 Å². The number of aromatic nitrogens is 4. The molecule has 0 aliphatic rings. The Kier molecular flexibility index (Phi) is 4.61. The maximum atomic E-state index is 13.1. The third kappa shape index (κ3) is 3.68. The van der Waals surface area contributed by atoms with Crippen LogP contribution in [0.15, 0.2) is 11.4 Å². The maximum absolute atomic E-state index is 13.1. The Hall–Kier alpha value is -1.19. The van der Waals surface area contributed by atoms with Gasteiger partial charge in [-0.25, -0.2) is 0 Å². The molecule has 1 atom stereocenters. The Morgan fingerprint density at radius 2 is 2.25 bits per heavy atom. The number of hydrogen-bond donors (Lipinski definition) is 1. The first kappa shape index (κ1) is 15.2. The molecule has 2 aromatic rings. The van der Waals surface area contributed by atoms with E-state index in [-0.39, 0.29) is 18.8 Å². The smallest absolute Gasteiger partial charge is 0.291 e. The van der Waals surface area contributed by atoms with Crippen LogP contribution >= 0.6 is 22.9 Å². The summed E-state index contributed by atoms with van der Waals surface area (Å²) in [5.74, 6) is 0.0237. The van der Waals surface area contributed by atoms with Gasteiger partial charge in [0, 0.05) is 13.0 Å². The summed E-state index contributed by atoms with van der Waals surface area (Å²) >= 11 is 7.21. The second-order valence-corrected chi connectivity index (χ2v) is 5.74. The molecule has 0 aliphatic heterocycles. The molecule has 0 radical (unpaired) electrons. The molecule has 0 amide bonds. The van der Waals surface area contributed by atoms with Gasteiger partial charge in [0.2, 0.25) is 0 Å². The molecule has 2 rings (SSSR count). The summed E-state index contributed by atoms with van der Waals surface area (Å²) in [4.78, 5) is 1.18. The highest BCUT2D eigenvalue weighted by molar-refractivity contribution is 7.14. The quantitative estimate of drug-likeness (QED) is 0.917. The summed E-state index contributed by atoms with van der Waals surface area (Å²) in [6.07, 6.45) is -4.75. The fourth-order valence-electron chi connectivity index (χ4n) is 1.77. The first-order valence-electron chi connectivity index (χ1n) is 5.59. The summed E-state index contributed by atoms with van der Waals surface area (Å²) < 4.78 is 39.9. The van der Waals surface area contributed by atoms with Crippen LogP contribution in [-0.2, 0) is 13.0 Å². The van der Waals surface area contributed by atoms with Gasteiger partial charge >= 0.3 is 6.18 Å². The largest absolute Gasteiger partial charge is 0.404 e. The number of likely N-dealkylation sites (N-methyl/N-ethyl adjacent to an activating group) is 1. The van der Waals surface area contributed by atoms with E-state index in [1.165, 1.54) is 23.3 Å². The Balaban J connectivity index is 2.12. The van der Waals surface area contributed by atoms with Crippen molar-refractivity contribution in [3.05, 3.63) is 27.2 Å². The van der Waals surface area contributed by atoms with Crippen LogP contribution < -0.4 is 0 Å². The highest BCUT2D eigenvalue weighted by Crippen LogP contribution is 2.29. The van der Waals surface area contributed by atoms with Gasteiger partial charge in [0.05, 0.1) is 4.34 Å². The van der Waals surface area contributed by atoms with Crippen LogP contribution in [0.1, 0.15) is 11.4 Å². The number of nitrogens with one attached hydrogen (secondary N) is 1. The third-order valence-electron chi connectivity index (χ3n) is 2.79. The number of hydrogen-bond acceptors (Lipinski definition) is 5. The van der Waals surface area contributed by atoms with Gasteiger partial charge in [-0.1, -0.05) is 16.8 Å². The molecule has 20 heavy (non-hydrogen) atoms. The first-order valence-corrected chi connectivity index (χ1v) is 6.85. The zero-order chi connectivity index (χ0) is 14.8. The van der Waals surface area contributed by atoms with Crippen molar-refractivity contribution in [1.29, 1.82) is 0 Å². The molecule has 0 saturated heterocycles. The van der Waals surface area contributed by atoms with Gasteiger partial charge in [-0.3, -0.25) is 4.90 Å². The molecule has 0 spiro atoms. The van der Waals surface area contributed by atoms with Crippen molar-refractivity contribution in [2.75, 3.05) is 7.05 Å². The lowest BCUT2D eigenvalue weighted by Gasteiger charge is -2.28. The predicted molar refractivity (Wildman–Crippen MR) is 68.5 cm³/mol. The number of alkyl halides is 3. The van der Waals surface area contributed by atoms with E-state index in [0.717, 1.165) is 0 Å². The van der Waals surface area contributed by atoms with Gasteiger partial charge in [0.25, 0.3) is 0 Å². The Labute approximate surface area is 121 Å². The Morgan fingerprint density at radius 3 is 2.75 bits per heavy atom. The second kappa shape index (κ2) is 6.06. The summed E-state index contributed by atoms with van der Waals surface area (Å²) in [7, 11) is 1.40. The molecule has 2 aromatic heterocycles. The fraction of sp³-hybridized carbons (Fsp3) is 0.500. The molecule has 10 heteroatoms. The van der Waals surface area contributed by atoms with Gasteiger partial charge in [-0.2, -0.15) is 18.4 Å². The second-order valence-electron chi connectivity index (χ2n) is 4.22. The standard InChI is InChI=1S/C10H11ClF3N5S/c1-19(5-6-2-3-20-9(6)11)7(10(12,13)14)4-8-15-17-18-16-8/h2-3,7H,4-5H2,1H3,(H,15,16,17,18). The highest BCUT2D eigenvalue weighted by Gasteiger charge is 2.43. The van der Waals surface area contributed by atoms with Gasteiger partial charge in [0.15, 0.2) is 5.82 Å². The summed E-state index contributed by atoms with van der Waals surface area (Å²) in [5.41, 5.74) is 0.668. The van der Waals surface area contributed by atoms with Crippen molar-refractivity contribution >= 4 is 22.9 Å². The lowest BCUT2D eigenvalue weighted by molar-refractivity contribution is -0.181. The molecule has 110 valence electrons. The van der Waals surface area contributed by atoms with Crippen LogP contribution in [0.25, 0.3) is 0 Å². The van der Waals surface area contributed by atoms with Crippen LogP contribution in [0.3, 0.4) is 0 Å². The summed E-state index contributed by atoms with van der Waals surface area (Å²) in [5, 5.41) is 14.3. The minimum atomic E-state index is -4.39. The molecule has 0 fully saturated rings. The van der Waals surface area contributed by atoms with Crippen molar-refractivity contribution in [3.63, 3.8) is 0 Å². The fourth-order valence-corrected chi connectivity index (χ4v) is 2.69. The summed E-state index contributed by atoms with van der Waals surface area (Å²) in [6.45, 7) is 0.102. The van der Waals surface area contributed by atoms with E-state index in [1.807, 2.05) is 0 Å². The number of aromatic amines is 1. The minimum Gasteiger partial charge on any atom is -0.291 e. The third-order valence-corrected chi connectivity index (χ3v) is 4.04. The van der Waals surface area contributed by atoms with Crippen molar-refractivity contribution in [3.8, 4) is 0 Å². The number of H-pyrrole nitrogens is 1. The molecule has 1 N–H and O–H groups in total. The van der Waals surface area contributed by atoms with Gasteiger partial charge < -0.3 is 0 Å². The number of tetrazole rings is 1. The maximum Gasteiger partial charge on any atom is 0.404 e. The zero-order valence-corrected chi connectivity index (χ0v) is 11.9. The minimum absolute atomic E-state index is 0.0237. The highest BCUT2D eigenvalue weighted by atomic mass is 35.5. The lowest BCUT2D eigenvalue weighted by Crippen LogP contribution is -2.44. The molecule has 5 nitrogen and oxygen atoms in total. The molecule has 0 bridgehead atoms. The van der Waals surface area contributed by atoms with E-state index in [0.29, 0.717) is 9.90 Å². The van der Waals surface area contributed by atoms with Crippen molar-refractivity contribution in [1.82, 2.24) is 25.5 Å². The topological polar surface area (TPSA) is 57.7 Å². The summed E-state index contributed by atoms with van der Waals surface area (Å²) in [6, 6.07) is 0.0155. The van der Waals surface area contributed by atoms with Crippen molar-refractivity contribution in [2.45, 2.75) is 25.2 Å². The SMILES string of the molecule is CN(Cc1ccsc1Cl)C(Cc1nn[nH]n1)C(F)(F)F. The average Bonchev–Trinajstić information content (AvgIpc) is 2.97. The van der Waals surface area contributed by atoms with E-state index < -0.39 is 12.2 Å². The molecule has 0 saturated carbocycles. The van der Waals surface area contributed by atoms with E-state index in [4.69, 9.17) is 11.6 Å². The van der Waals surface area contributed by atoms with Crippen molar-refractivity contribution in [2.24, 2.45) is 0 Å². The average molecular weight is 326 g/mol.